The average molecular weight is 235 g/mol. The van der Waals surface area contributed by atoms with E-state index < -0.39 is 0 Å². The fourth-order valence-electron chi connectivity index (χ4n) is 2.25. The Balaban J connectivity index is 1.81. The first-order valence-electron chi connectivity index (χ1n) is 5.78. The number of nitrogens with zero attached hydrogens (tertiary/aromatic N) is 1. The Labute approximate surface area is 98.0 Å². The van der Waals surface area contributed by atoms with Gasteiger partial charge in [-0.1, -0.05) is 0 Å². The summed E-state index contributed by atoms with van der Waals surface area (Å²) in [7, 11) is 0. The van der Waals surface area contributed by atoms with Crippen molar-refractivity contribution >= 4 is 11.0 Å². The summed E-state index contributed by atoms with van der Waals surface area (Å²) in [6.07, 6.45) is 2.91. The van der Waals surface area contributed by atoms with Gasteiger partial charge in [-0.15, -0.1) is 0 Å². The van der Waals surface area contributed by atoms with Crippen LogP contribution in [0.15, 0.2) is 18.2 Å². The molecule has 1 aromatic heterocycles. The van der Waals surface area contributed by atoms with E-state index in [1.165, 1.54) is 12.1 Å². The first-order chi connectivity index (χ1) is 8.20. The predicted molar refractivity (Wildman–Crippen MR) is 62.3 cm³/mol. The van der Waals surface area contributed by atoms with Gasteiger partial charge in [-0.05, 0) is 37.5 Å². The van der Waals surface area contributed by atoms with Crippen molar-refractivity contribution in [2.75, 3.05) is 0 Å². The smallest absolute Gasteiger partial charge is 0.294 e. The topological polar surface area (TPSA) is 63.9 Å². The van der Waals surface area contributed by atoms with Crippen molar-refractivity contribution in [3.8, 4) is 6.01 Å². The molecular weight excluding hydrogens is 221 g/mol. The number of benzene rings is 1. The SMILES string of the molecule is NC1CCC(Oc2nc3ccc(F)cc3[nH]2)C1. The minimum atomic E-state index is -0.282. The van der Waals surface area contributed by atoms with Gasteiger partial charge in [-0.3, -0.25) is 0 Å². The molecule has 0 aliphatic heterocycles. The third-order valence-electron chi connectivity index (χ3n) is 3.13. The minimum absolute atomic E-state index is 0.121. The minimum Gasteiger partial charge on any atom is -0.461 e. The number of hydrogen-bond donors (Lipinski definition) is 2. The van der Waals surface area contributed by atoms with Crippen molar-refractivity contribution in [1.29, 1.82) is 0 Å². The number of nitrogens with one attached hydrogen (secondary N) is 1. The number of hydrogen-bond acceptors (Lipinski definition) is 3. The van der Waals surface area contributed by atoms with Crippen molar-refractivity contribution in [3.63, 3.8) is 0 Å². The maximum atomic E-state index is 13.0. The zero-order chi connectivity index (χ0) is 11.8. The van der Waals surface area contributed by atoms with E-state index in [4.69, 9.17) is 10.5 Å². The number of nitrogens with two attached hydrogens (primary N) is 1. The summed E-state index contributed by atoms with van der Waals surface area (Å²) in [4.78, 5) is 7.22. The van der Waals surface area contributed by atoms with E-state index in [2.05, 4.69) is 9.97 Å². The molecule has 90 valence electrons. The van der Waals surface area contributed by atoms with Crippen molar-refractivity contribution in [2.24, 2.45) is 5.73 Å². The Hall–Kier alpha value is -1.62. The Morgan fingerprint density at radius 2 is 2.29 bits per heavy atom. The summed E-state index contributed by atoms with van der Waals surface area (Å²) in [5.41, 5.74) is 7.18. The van der Waals surface area contributed by atoms with Crippen LogP contribution in [0.25, 0.3) is 11.0 Å². The normalized spacial score (nSPS) is 24.4. The van der Waals surface area contributed by atoms with Crippen LogP contribution in [0.1, 0.15) is 19.3 Å². The fourth-order valence-corrected chi connectivity index (χ4v) is 2.25. The first-order valence-corrected chi connectivity index (χ1v) is 5.78. The molecule has 0 spiro atoms. The third-order valence-corrected chi connectivity index (χ3v) is 3.13. The van der Waals surface area contributed by atoms with Gasteiger partial charge in [0.1, 0.15) is 11.9 Å². The number of rotatable bonds is 2. The zero-order valence-corrected chi connectivity index (χ0v) is 9.32. The van der Waals surface area contributed by atoms with E-state index in [1.807, 2.05) is 0 Å². The molecule has 1 aliphatic rings. The second-order valence-electron chi connectivity index (χ2n) is 4.52. The number of H-pyrrole nitrogens is 1. The van der Waals surface area contributed by atoms with Gasteiger partial charge in [-0.2, -0.15) is 4.98 Å². The van der Waals surface area contributed by atoms with Crippen molar-refractivity contribution in [3.05, 3.63) is 24.0 Å². The molecule has 1 fully saturated rings. The van der Waals surface area contributed by atoms with Gasteiger partial charge in [-0.25, -0.2) is 4.39 Å². The number of halogens is 1. The van der Waals surface area contributed by atoms with E-state index in [9.17, 15) is 4.39 Å². The van der Waals surface area contributed by atoms with Crippen LogP contribution >= 0.6 is 0 Å². The number of aromatic nitrogens is 2. The Morgan fingerprint density at radius 3 is 3.06 bits per heavy atom. The Morgan fingerprint density at radius 1 is 1.41 bits per heavy atom. The first kappa shape index (κ1) is 10.5. The highest BCUT2D eigenvalue weighted by Gasteiger charge is 2.24. The lowest BCUT2D eigenvalue weighted by molar-refractivity contribution is 0.193. The van der Waals surface area contributed by atoms with Gasteiger partial charge in [0.25, 0.3) is 6.01 Å². The molecule has 2 atom stereocenters. The van der Waals surface area contributed by atoms with Crippen LogP contribution in [0.4, 0.5) is 4.39 Å². The van der Waals surface area contributed by atoms with Crippen molar-refractivity contribution in [2.45, 2.75) is 31.4 Å². The van der Waals surface area contributed by atoms with Crippen LogP contribution < -0.4 is 10.5 Å². The maximum absolute atomic E-state index is 13.0. The maximum Gasteiger partial charge on any atom is 0.294 e. The lowest BCUT2D eigenvalue weighted by Crippen LogP contribution is -2.19. The van der Waals surface area contributed by atoms with E-state index in [-0.39, 0.29) is 18.0 Å². The summed E-state index contributed by atoms with van der Waals surface area (Å²) >= 11 is 0. The van der Waals surface area contributed by atoms with Crippen LogP contribution in [0, 0.1) is 5.82 Å². The van der Waals surface area contributed by atoms with Gasteiger partial charge >= 0.3 is 0 Å². The predicted octanol–water partition coefficient (Wildman–Crippen LogP) is 1.96. The van der Waals surface area contributed by atoms with E-state index in [0.717, 1.165) is 19.3 Å². The van der Waals surface area contributed by atoms with Gasteiger partial charge in [0.15, 0.2) is 0 Å². The third kappa shape index (κ3) is 2.10. The standard InChI is InChI=1S/C12H14FN3O/c13-7-1-4-10-11(5-7)16-12(15-10)17-9-3-2-8(14)6-9/h1,4-5,8-9H,2-3,6,14H2,(H,15,16). The van der Waals surface area contributed by atoms with Crippen LogP contribution in [0.3, 0.4) is 0 Å². The van der Waals surface area contributed by atoms with Crippen molar-refractivity contribution in [1.82, 2.24) is 9.97 Å². The fraction of sp³-hybridized carbons (Fsp3) is 0.417. The second kappa shape index (κ2) is 4.00. The highest BCUT2D eigenvalue weighted by Crippen LogP contribution is 2.23. The summed E-state index contributed by atoms with van der Waals surface area (Å²) < 4.78 is 18.7. The molecule has 0 amide bonds. The van der Waals surface area contributed by atoms with Gasteiger partial charge < -0.3 is 15.5 Å². The quantitative estimate of drug-likeness (QED) is 0.836. The van der Waals surface area contributed by atoms with Crippen LogP contribution in [0.2, 0.25) is 0 Å². The van der Waals surface area contributed by atoms with Crippen molar-refractivity contribution < 1.29 is 9.13 Å². The molecule has 3 rings (SSSR count). The summed E-state index contributed by atoms with van der Waals surface area (Å²) in [6, 6.07) is 5.11. The molecule has 3 N–H and O–H groups in total. The van der Waals surface area contributed by atoms with Crippen LogP contribution in [0.5, 0.6) is 6.01 Å². The molecule has 0 bridgehead atoms. The lowest BCUT2D eigenvalue weighted by atomic mass is 10.3. The molecule has 1 saturated carbocycles. The molecule has 2 aromatic rings. The van der Waals surface area contributed by atoms with Gasteiger partial charge in [0.05, 0.1) is 11.0 Å². The summed E-state index contributed by atoms with van der Waals surface area (Å²) in [5, 5.41) is 0. The number of imidazole rings is 1. The molecule has 0 saturated heterocycles. The van der Waals surface area contributed by atoms with E-state index in [0.29, 0.717) is 17.0 Å². The molecule has 1 heterocycles. The lowest BCUT2D eigenvalue weighted by Gasteiger charge is -2.09. The van der Waals surface area contributed by atoms with Gasteiger partial charge in [0, 0.05) is 6.04 Å². The molecule has 1 aliphatic carbocycles. The number of fused-ring (bicyclic) bond motifs is 1. The molecule has 0 radical (unpaired) electrons. The second-order valence-corrected chi connectivity index (χ2v) is 4.52. The monoisotopic (exact) mass is 235 g/mol. The van der Waals surface area contributed by atoms with Crippen LogP contribution in [-0.4, -0.2) is 22.1 Å². The highest BCUT2D eigenvalue weighted by atomic mass is 19.1. The molecule has 2 unspecified atom stereocenters. The van der Waals surface area contributed by atoms with E-state index in [1.54, 1.807) is 6.07 Å². The zero-order valence-electron chi connectivity index (χ0n) is 9.32. The van der Waals surface area contributed by atoms with E-state index >= 15 is 0 Å². The highest BCUT2D eigenvalue weighted by molar-refractivity contribution is 5.75. The van der Waals surface area contributed by atoms with Gasteiger partial charge in [0.2, 0.25) is 0 Å². The molecule has 1 aromatic carbocycles. The Bertz CT molecular complexity index is 540. The summed E-state index contributed by atoms with van der Waals surface area (Å²) in [6.45, 7) is 0. The average Bonchev–Trinajstić information content (AvgIpc) is 2.84. The molecule has 5 heteroatoms. The molecular formula is C12H14FN3O. The number of ether oxygens (including phenoxy) is 1. The largest absolute Gasteiger partial charge is 0.461 e. The molecule has 4 nitrogen and oxygen atoms in total. The van der Waals surface area contributed by atoms with Crippen LogP contribution in [-0.2, 0) is 0 Å². The Kier molecular flexibility index (Phi) is 2.48. The number of aromatic amines is 1. The molecule has 17 heavy (non-hydrogen) atoms. The summed E-state index contributed by atoms with van der Waals surface area (Å²) in [5.74, 6) is -0.282.